The van der Waals surface area contributed by atoms with E-state index in [0.717, 1.165) is 60.8 Å². The number of nitrogens with zero attached hydrogens (tertiary/aromatic N) is 5. The van der Waals surface area contributed by atoms with Gasteiger partial charge in [0.1, 0.15) is 0 Å². The smallest absolute Gasteiger partial charge is 0.164 e. The molecule has 5 nitrogen and oxygen atoms in total. The maximum atomic E-state index is 5.57. The number of aromatic nitrogens is 5. The maximum absolute atomic E-state index is 5.57. The molecule has 0 aliphatic carbocycles. The van der Waals surface area contributed by atoms with Gasteiger partial charge in [-0.1, -0.05) is 158 Å². The number of pyridine rings is 1. The standard InChI is InChI=1S/C58H33N5S/c1-3-12-39-30-44(23-17-34(39)9-1)56-60-55(61-57(62-56)45-24-18-35-10-2-4-13-40(35)31-45)38-21-19-37(20-22-38)50-33-48-52-46-16-8-7-11-36(46)26-28-51(52)64-54(48)58-59-53-47-32-42-15-6-5-14-41(42)29-43(47)25-27-49(53)63(50)58/h1-33H. The molecule has 4 heterocycles. The van der Waals surface area contributed by atoms with Gasteiger partial charge in [-0.25, -0.2) is 19.9 Å². The van der Waals surface area contributed by atoms with Crippen LogP contribution in [0.4, 0.5) is 0 Å². The van der Waals surface area contributed by atoms with Gasteiger partial charge in [0.05, 0.1) is 21.4 Å². The monoisotopic (exact) mass is 831 g/mol. The highest BCUT2D eigenvalue weighted by Crippen LogP contribution is 2.44. The largest absolute Gasteiger partial charge is 0.291 e. The lowest BCUT2D eigenvalue weighted by atomic mass is 10.0. The van der Waals surface area contributed by atoms with Crippen LogP contribution >= 0.6 is 11.3 Å². The summed E-state index contributed by atoms with van der Waals surface area (Å²) < 4.78 is 4.81. The molecule has 4 aromatic heterocycles. The molecule has 64 heavy (non-hydrogen) atoms. The molecule has 14 aromatic rings. The lowest BCUT2D eigenvalue weighted by Crippen LogP contribution is -2.00. The third kappa shape index (κ3) is 5.43. The first-order valence-electron chi connectivity index (χ1n) is 21.5. The maximum Gasteiger partial charge on any atom is 0.164 e. The second-order valence-electron chi connectivity index (χ2n) is 16.7. The molecular weight excluding hydrogens is 799 g/mol. The fourth-order valence-corrected chi connectivity index (χ4v) is 10.9. The number of hydrogen-bond donors (Lipinski definition) is 0. The molecule has 0 fully saturated rings. The second kappa shape index (κ2) is 13.6. The Hall–Kier alpha value is -8.32. The topological polar surface area (TPSA) is 56.0 Å². The van der Waals surface area contributed by atoms with E-state index < -0.39 is 0 Å². The minimum atomic E-state index is 0.621. The SMILES string of the molecule is c1ccc2cc(-c3nc(-c4ccc(-c5cc6c(sc7ccc8ccccc8c76)c6nc7c8cc9ccccc9cc8ccc7n56)cc4)nc(-c4ccc5ccccc5c4)n3)ccc2c1. The van der Waals surface area contributed by atoms with Gasteiger partial charge >= 0.3 is 0 Å². The molecule has 6 heteroatoms. The van der Waals surface area contributed by atoms with Crippen molar-refractivity contribution in [3.8, 4) is 45.4 Å². The average Bonchev–Trinajstić information content (AvgIpc) is 3.95. The summed E-state index contributed by atoms with van der Waals surface area (Å²) in [5.74, 6) is 1.89. The highest BCUT2D eigenvalue weighted by molar-refractivity contribution is 7.26. The minimum Gasteiger partial charge on any atom is -0.291 e. The van der Waals surface area contributed by atoms with E-state index in [2.05, 4.69) is 205 Å². The van der Waals surface area contributed by atoms with Crippen LogP contribution in [0.5, 0.6) is 0 Å². The van der Waals surface area contributed by atoms with Crippen LogP contribution in [0.15, 0.2) is 200 Å². The number of benzene rings is 10. The van der Waals surface area contributed by atoms with E-state index in [9.17, 15) is 0 Å². The summed E-state index contributed by atoms with van der Waals surface area (Å²) in [6.45, 7) is 0. The predicted molar refractivity (Wildman–Crippen MR) is 268 cm³/mol. The Bertz CT molecular complexity index is 4160. The van der Waals surface area contributed by atoms with E-state index in [1.165, 1.54) is 57.9 Å². The van der Waals surface area contributed by atoms with E-state index in [1.54, 1.807) is 0 Å². The van der Waals surface area contributed by atoms with E-state index in [1.807, 2.05) is 11.3 Å². The molecule has 10 aromatic carbocycles. The zero-order valence-electron chi connectivity index (χ0n) is 34.2. The number of thiophene rings is 1. The summed E-state index contributed by atoms with van der Waals surface area (Å²) in [4.78, 5) is 21.0. The summed E-state index contributed by atoms with van der Waals surface area (Å²) in [5, 5.41) is 14.4. The van der Waals surface area contributed by atoms with E-state index in [4.69, 9.17) is 19.9 Å². The van der Waals surface area contributed by atoms with Crippen LogP contribution in [0, 0.1) is 0 Å². The molecule has 0 spiro atoms. The fraction of sp³-hybridized carbons (Fsp3) is 0. The van der Waals surface area contributed by atoms with Gasteiger partial charge < -0.3 is 0 Å². The molecule has 0 atom stereocenters. The van der Waals surface area contributed by atoms with E-state index >= 15 is 0 Å². The average molecular weight is 832 g/mol. The third-order valence-corrected chi connectivity index (χ3v) is 14.1. The zero-order valence-corrected chi connectivity index (χ0v) is 35.0. The van der Waals surface area contributed by atoms with Gasteiger partial charge in [0.25, 0.3) is 0 Å². The Morgan fingerprint density at radius 1 is 0.344 bits per heavy atom. The Kier molecular flexibility index (Phi) is 7.49. The molecule has 0 unspecified atom stereocenters. The predicted octanol–water partition coefficient (Wildman–Crippen LogP) is 15.5. The molecule has 0 N–H and O–H groups in total. The van der Waals surface area contributed by atoms with Gasteiger partial charge in [0.2, 0.25) is 0 Å². The lowest BCUT2D eigenvalue weighted by Gasteiger charge is -2.12. The Morgan fingerprint density at radius 3 is 1.53 bits per heavy atom. The fourth-order valence-electron chi connectivity index (χ4n) is 9.77. The quantitative estimate of drug-likeness (QED) is 0.166. The van der Waals surface area contributed by atoms with Gasteiger partial charge in [-0.3, -0.25) is 4.40 Å². The first kappa shape index (κ1) is 35.3. The second-order valence-corrected chi connectivity index (χ2v) is 17.7. The van der Waals surface area contributed by atoms with Crippen molar-refractivity contribution in [3.05, 3.63) is 200 Å². The molecule has 0 bridgehead atoms. The summed E-state index contributed by atoms with van der Waals surface area (Å²) >= 11 is 1.83. The van der Waals surface area contributed by atoms with Crippen molar-refractivity contribution >= 4 is 102 Å². The van der Waals surface area contributed by atoms with Crippen LogP contribution in [0.1, 0.15) is 0 Å². The lowest BCUT2D eigenvalue weighted by molar-refractivity contribution is 1.07. The number of rotatable bonds is 4. The summed E-state index contributed by atoms with van der Waals surface area (Å²) in [5.41, 5.74) is 8.00. The Labute approximate surface area is 370 Å². The normalized spacial score (nSPS) is 12.1. The van der Waals surface area contributed by atoms with Gasteiger partial charge in [0.15, 0.2) is 23.1 Å². The first-order chi connectivity index (χ1) is 31.7. The van der Waals surface area contributed by atoms with Crippen molar-refractivity contribution in [1.29, 1.82) is 0 Å². The van der Waals surface area contributed by atoms with Crippen molar-refractivity contribution in [3.63, 3.8) is 0 Å². The highest BCUT2D eigenvalue weighted by Gasteiger charge is 2.21. The van der Waals surface area contributed by atoms with Crippen LogP contribution in [0.2, 0.25) is 0 Å². The zero-order chi connectivity index (χ0) is 41.9. The van der Waals surface area contributed by atoms with Gasteiger partial charge in [-0.15, -0.1) is 11.3 Å². The van der Waals surface area contributed by atoms with Crippen LogP contribution in [-0.4, -0.2) is 24.3 Å². The van der Waals surface area contributed by atoms with Crippen molar-refractivity contribution in [2.45, 2.75) is 0 Å². The van der Waals surface area contributed by atoms with Gasteiger partial charge in [-0.05, 0) is 96.5 Å². The molecule has 0 aliphatic rings. The van der Waals surface area contributed by atoms with Crippen LogP contribution in [0.3, 0.4) is 0 Å². The van der Waals surface area contributed by atoms with E-state index in [0.29, 0.717) is 17.5 Å². The Morgan fingerprint density at radius 2 is 0.859 bits per heavy atom. The van der Waals surface area contributed by atoms with Crippen LogP contribution in [0.25, 0.3) is 136 Å². The number of hydrogen-bond acceptors (Lipinski definition) is 5. The van der Waals surface area contributed by atoms with Crippen LogP contribution in [-0.2, 0) is 0 Å². The third-order valence-electron chi connectivity index (χ3n) is 12.9. The summed E-state index contributed by atoms with van der Waals surface area (Å²) in [6, 6.07) is 71.6. The number of fused-ring (bicyclic) bond motifs is 14. The first-order valence-corrected chi connectivity index (χ1v) is 22.3. The highest BCUT2D eigenvalue weighted by atomic mass is 32.1. The summed E-state index contributed by atoms with van der Waals surface area (Å²) in [7, 11) is 0. The minimum absolute atomic E-state index is 0.621. The van der Waals surface area contributed by atoms with E-state index in [-0.39, 0.29) is 0 Å². The molecular formula is C58H33N5S. The molecule has 0 saturated carbocycles. The van der Waals surface area contributed by atoms with Crippen molar-refractivity contribution in [2.24, 2.45) is 0 Å². The van der Waals surface area contributed by atoms with Crippen LogP contribution < -0.4 is 0 Å². The van der Waals surface area contributed by atoms with Gasteiger partial charge in [-0.2, -0.15) is 0 Å². The van der Waals surface area contributed by atoms with Gasteiger partial charge in [0, 0.05) is 37.5 Å². The molecule has 0 radical (unpaired) electrons. The summed E-state index contributed by atoms with van der Waals surface area (Å²) in [6.07, 6.45) is 0. The Balaban J connectivity index is 0.986. The molecule has 0 aliphatic heterocycles. The molecule has 0 saturated heterocycles. The molecule has 14 rings (SSSR count). The molecule has 296 valence electrons. The van der Waals surface area contributed by atoms with Crippen molar-refractivity contribution < 1.29 is 0 Å². The number of imidazole rings is 1. The van der Waals surface area contributed by atoms with Crippen molar-refractivity contribution in [1.82, 2.24) is 24.3 Å². The molecule has 0 amide bonds. The van der Waals surface area contributed by atoms with Crippen molar-refractivity contribution in [2.75, 3.05) is 0 Å².